The van der Waals surface area contributed by atoms with Gasteiger partial charge in [0.1, 0.15) is 18.5 Å². The number of aliphatic hydroxyl groups excluding tert-OH is 1. The fourth-order valence-corrected chi connectivity index (χ4v) is 4.38. The molecule has 2 aromatic heterocycles. The predicted octanol–water partition coefficient (Wildman–Crippen LogP) is 0.677. The highest BCUT2D eigenvalue weighted by atomic mass is 16.5. The Hall–Kier alpha value is -2.52. The number of aliphatic hydroxyl groups is 1. The molecule has 0 bridgehead atoms. The zero-order valence-electron chi connectivity index (χ0n) is 16.9. The molecule has 2 aromatic rings. The maximum absolute atomic E-state index is 12.6. The molecule has 0 aliphatic carbocycles. The van der Waals surface area contributed by atoms with E-state index in [0.29, 0.717) is 6.42 Å². The van der Waals surface area contributed by atoms with Crippen molar-refractivity contribution >= 4 is 11.7 Å². The first-order chi connectivity index (χ1) is 13.9. The predicted molar refractivity (Wildman–Crippen MR) is 106 cm³/mol. The average molecular weight is 400 g/mol. The largest absolute Gasteiger partial charge is 0.388 e. The van der Waals surface area contributed by atoms with Gasteiger partial charge in [0.25, 0.3) is 0 Å². The monoisotopic (exact) mass is 400 g/mol. The zero-order chi connectivity index (χ0) is 20.5. The maximum Gasteiger partial charge on any atom is 0.242 e. The van der Waals surface area contributed by atoms with Crippen LogP contribution in [0.2, 0.25) is 0 Å². The van der Waals surface area contributed by atoms with E-state index in [4.69, 9.17) is 4.74 Å². The molecule has 2 N–H and O–H groups in total. The van der Waals surface area contributed by atoms with E-state index in [-0.39, 0.29) is 24.7 Å². The lowest BCUT2D eigenvalue weighted by molar-refractivity contribution is -0.172. The van der Waals surface area contributed by atoms with Crippen molar-refractivity contribution in [1.82, 2.24) is 25.1 Å². The van der Waals surface area contributed by atoms with Gasteiger partial charge in [0.05, 0.1) is 29.6 Å². The van der Waals surface area contributed by atoms with Crippen molar-refractivity contribution in [1.29, 1.82) is 0 Å². The number of carbonyl (C=O) groups is 1. The maximum atomic E-state index is 12.6. The van der Waals surface area contributed by atoms with Crippen molar-refractivity contribution in [3.05, 3.63) is 36.5 Å². The van der Waals surface area contributed by atoms with Gasteiger partial charge in [-0.05, 0) is 32.8 Å². The second-order valence-corrected chi connectivity index (χ2v) is 8.36. The molecule has 156 valence electrons. The van der Waals surface area contributed by atoms with Gasteiger partial charge in [-0.15, -0.1) is 0 Å². The van der Waals surface area contributed by atoms with Crippen LogP contribution in [0, 0.1) is 6.92 Å². The van der Waals surface area contributed by atoms with Crippen LogP contribution in [0.15, 0.2) is 30.9 Å². The number of piperidine rings is 1. The molecule has 1 spiro atoms. The second kappa shape index (κ2) is 7.72. The number of aromatic nitrogens is 4. The van der Waals surface area contributed by atoms with Gasteiger partial charge in [0, 0.05) is 38.1 Å². The van der Waals surface area contributed by atoms with E-state index in [1.54, 1.807) is 29.5 Å². The van der Waals surface area contributed by atoms with E-state index in [1.165, 1.54) is 0 Å². The third kappa shape index (κ3) is 4.25. The molecule has 2 fully saturated rings. The highest BCUT2D eigenvalue weighted by Crippen LogP contribution is 2.40. The molecular formula is C20H28N6O3. The van der Waals surface area contributed by atoms with Gasteiger partial charge in [-0.3, -0.25) is 14.5 Å². The van der Waals surface area contributed by atoms with Gasteiger partial charge in [0.2, 0.25) is 5.91 Å². The molecule has 0 aromatic carbocycles. The number of amides is 1. The Balaban J connectivity index is 1.40. The fourth-order valence-electron chi connectivity index (χ4n) is 4.38. The summed E-state index contributed by atoms with van der Waals surface area (Å²) in [7, 11) is 0. The standard InChI is InChI=1S/C20H28N6O3/c1-15-3-8-26(24-15)12-18(28)23-19(2)14-20(29-13-16(19)27)4-9-25(10-5-20)17-11-21-6-7-22-17/h3,6-8,11,16,27H,4-5,9-10,12-14H2,1-2H3,(H,23,28)/t16-,19-/m0/s1. The number of rotatable bonds is 4. The topological polar surface area (TPSA) is 105 Å². The van der Waals surface area contributed by atoms with Crippen molar-refractivity contribution < 1.29 is 14.6 Å². The second-order valence-electron chi connectivity index (χ2n) is 8.36. The summed E-state index contributed by atoms with van der Waals surface area (Å²) in [5, 5.41) is 17.9. The Morgan fingerprint density at radius 2 is 2.17 bits per heavy atom. The van der Waals surface area contributed by atoms with Gasteiger partial charge in [-0.2, -0.15) is 5.10 Å². The fraction of sp³-hybridized carbons (Fsp3) is 0.600. The van der Waals surface area contributed by atoms with Gasteiger partial charge in [-0.1, -0.05) is 0 Å². The van der Waals surface area contributed by atoms with Crippen LogP contribution in [-0.4, -0.2) is 67.7 Å². The molecule has 29 heavy (non-hydrogen) atoms. The van der Waals surface area contributed by atoms with Crippen LogP contribution in [0.1, 0.15) is 31.9 Å². The Morgan fingerprint density at radius 1 is 1.38 bits per heavy atom. The third-order valence-corrected chi connectivity index (χ3v) is 6.03. The summed E-state index contributed by atoms with van der Waals surface area (Å²) in [6, 6.07) is 1.86. The smallest absolute Gasteiger partial charge is 0.242 e. The SMILES string of the molecule is Cc1ccn(CC(=O)N[C@@]2(C)CC3(CCN(c4cnccn4)CC3)OC[C@@H]2O)n1. The normalized spacial score (nSPS) is 26.4. The molecule has 2 aliphatic rings. The van der Waals surface area contributed by atoms with Crippen LogP contribution in [-0.2, 0) is 16.1 Å². The minimum atomic E-state index is -0.755. The van der Waals surface area contributed by atoms with Crippen molar-refractivity contribution in [3.63, 3.8) is 0 Å². The van der Waals surface area contributed by atoms with Crippen LogP contribution >= 0.6 is 0 Å². The van der Waals surface area contributed by atoms with Crippen molar-refractivity contribution in [2.45, 2.75) is 56.9 Å². The van der Waals surface area contributed by atoms with E-state index in [1.807, 2.05) is 19.9 Å². The van der Waals surface area contributed by atoms with Crippen molar-refractivity contribution in [3.8, 4) is 0 Å². The summed E-state index contributed by atoms with van der Waals surface area (Å²) in [6.07, 6.45) is 8.33. The molecule has 2 saturated heterocycles. The lowest BCUT2D eigenvalue weighted by Gasteiger charge is -2.52. The summed E-state index contributed by atoms with van der Waals surface area (Å²) >= 11 is 0. The van der Waals surface area contributed by atoms with E-state index in [2.05, 4.69) is 25.3 Å². The summed E-state index contributed by atoms with van der Waals surface area (Å²) in [6.45, 7) is 5.72. The number of nitrogens with zero attached hydrogens (tertiary/aromatic N) is 5. The molecular weight excluding hydrogens is 372 g/mol. The molecule has 0 radical (unpaired) electrons. The summed E-state index contributed by atoms with van der Waals surface area (Å²) in [5.74, 6) is 0.701. The lowest BCUT2D eigenvalue weighted by Crippen LogP contribution is -2.66. The molecule has 4 rings (SSSR count). The molecule has 2 atom stereocenters. The molecule has 1 amide bonds. The van der Waals surface area contributed by atoms with Gasteiger partial charge < -0.3 is 20.1 Å². The average Bonchev–Trinajstić information content (AvgIpc) is 3.11. The Morgan fingerprint density at radius 3 is 2.83 bits per heavy atom. The van der Waals surface area contributed by atoms with E-state index < -0.39 is 11.6 Å². The van der Waals surface area contributed by atoms with Gasteiger partial charge in [-0.25, -0.2) is 4.98 Å². The highest BCUT2D eigenvalue weighted by molar-refractivity contribution is 5.76. The van der Waals surface area contributed by atoms with Crippen molar-refractivity contribution in [2.75, 3.05) is 24.6 Å². The lowest BCUT2D eigenvalue weighted by atomic mass is 9.74. The summed E-state index contributed by atoms with van der Waals surface area (Å²) in [5.41, 5.74) is -0.238. The summed E-state index contributed by atoms with van der Waals surface area (Å²) in [4.78, 5) is 23.3. The minimum absolute atomic E-state index is 0.129. The molecule has 2 aliphatic heterocycles. The number of carbonyl (C=O) groups excluding carboxylic acids is 1. The molecule has 0 saturated carbocycles. The molecule has 9 heteroatoms. The zero-order valence-corrected chi connectivity index (χ0v) is 16.9. The van der Waals surface area contributed by atoms with Crippen LogP contribution < -0.4 is 10.2 Å². The Labute approximate surface area is 170 Å². The molecule has 9 nitrogen and oxygen atoms in total. The first kappa shape index (κ1) is 19.8. The minimum Gasteiger partial charge on any atom is -0.388 e. The first-order valence-corrected chi connectivity index (χ1v) is 10.0. The van der Waals surface area contributed by atoms with Crippen LogP contribution in [0.25, 0.3) is 0 Å². The number of ether oxygens (including phenoxy) is 1. The number of anilines is 1. The number of hydrogen-bond acceptors (Lipinski definition) is 7. The van der Waals surface area contributed by atoms with Crippen LogP contribution in [0.3, 0.4) is 0 Å². The quantitative estimate of drug-likeness (QED) is 0.777. The summed E-state index contributed by atoms with van der Waals surface area (Å²) < 4.78 is 7.73. The van der Waals surface area contributed by atoms with E-state index >= 15 is 0 Å². The number of aryl methyl sites for hydroxylation is 1. The van der Waals surface area contributed by atoms with E-state index in [0.717, 1.165) is 37.4 Å². The van der Waals surface area contributed by atoms with Crippen LogP contribution in [0.5, 0.6) is 0 Å². The Kier molecular flexibility index (Phi) is 5.26. The van der Waals surface area contributed by atoms with Gasteiger partial charge in [0.15, 0.2) is 0 Å². The van der Waals surface area contributed by atoms with Crippen molar-refractivity contribution in [2.24, 2.45) is 0 Å². The molecule has 0 unspecified atom stereocenters. The highest BCUT2D eigenvalue weighted by Gasteiger charge is 2.50. The molecule has 4 heterocycles. The van der Waals surface area contributed by atoms with Gasteiger partial charge >= 0.3 is 0 Å². The third-order valence-electron chi connectivity index (χ3n) is 6.03. The first-order valence-electron chi connectivity index (χ1n) is 10.0. The number of hydrogen-bond donors (Lipinski definition) is 2. The van der Waals surface area contributed by atoms with E-state index in [9.17, 15) is 9.90 Å². The Bertz CT molecular complexity index is 849. The van der Waals surface area contributed by atoms with Crippen LogP contribution in [0.4, 0.5) is 5.82 Å². The number of nitrogens with one attached hydrogen (secondary N) is 1.